The minimum atomic E-state index is -0.776. The Kier molecular flexibility index (Phi) is 8.44. The molecule has 2 rings (SSSR count). The minimum Gasteiger partial charge on any atom is -0.502 e. The number of phenolic OH excluding ortho intramolecular Hbond substituents is 1. The normalized spacial score (nSPS) is 10.7. The molecular formula is C20H22ClN3O7. The summed E-state index contributed by atoms with van der Waals surface area (Å²) in [5.74, 6) is -0.148. The van der Waals surface area contributed by atoms with Crippen molar-refractivity contribution in [3.05, 3.63) is 50.5 Å². The van der Waals surface area contributed by atoms with Gasteiger partial charge in [0.1, 0.15) is 0 Å². The molecule has 0 aliphatic heterocycles. The number of nitrogens with one attached hydrogen (secondary N) is 1. The number of hydrogen-bond acceptors (Lipinski definition) is 8. The molecule has 0 atom stereocenters. The van der Waals surface area contributed by atoms with Crippen LogP contribution in [0.3, 0.4) is 0 Å². The van der Waals surface area contributed by atoms with Crippen molar-refractivity contribution in [2.45, 2.75) is 20.8 Å². The van der Waals surface area contributed by atoms with Crippen LogP contribution in [-0.2, 0) is 0 Å². The van der Waals surface area contributed by atoms with Crippen LogP contribution < -0.4 is 19.6 Å². The number of carbonyl (C=O) groups excluding carboxylic acids is 1. The highest BCUT2D eigenvalue weighted by molar-refractivity contribution is 6.31. The maximum absolute atomic E-state index is 12.6. The largest absolute Gasteiger partial charge is 0.502 e. The zero-order valence-corrected chi connectivity index (χ0v) is 17.9. The molecule has 0 fully saturated rings. The van der Waals surface area contributed by atoms with Gasteiger partial charge in [0, 0.05) is 22.2 Å². The zero-order valence-electron chi connectivity index (χ0n) is 17.2. The number of nitro groups is 1. The molecule has 0 radical (unpaired) electrons. The first-order valence-electron chi connectivity index (χ1n) is 9.39. The Labute approximate surface area is 183 Å². The standard InChI is InChI=1S/C20H22ClN3O7/c1-4-29-16-8-12(9-17(30-5-2)19(16)31-6-3)20(26)23-22-11-13-7-14(21)10-15(18(13)25)24(27)28/h7-11,25H,4-6H2,1-3H3,(H,23,26)/b22-11-. The van der Waals surface area contributed by atoms with Gasteiger partial charge < -0.3 is 19.3 Å². The third-order valence-corrected chi connectivity index (χ3v) is 4.04. The molecule has 31 heavy (non-hydrogen) atoms. The maximum atomic E-state index is 12.6. The number of phenols is 1. The molecule has 0 unspecified atom stereocenters. The van der Waals surface area contributed by atoms with Gasteiger partial charge in [0.2, 0.25) is 11.5 Å². The van der Waals surface area contributed by atoms with E-state index in [0.29, 0.717) is 37.1 Å². The lowest BCUT2D eigenvalue weighted by molar-refractivity contribution is -0.385. The van der Waals surface area contributed by atoms with E-state index in [1.54, 1.807) is 13.8 Å². The molecule has 0 saturated heterocycles. The molecule has 0 heterocycles. The van der Waals surface area contributed by atoms with Gasteiger partial charge >= 0.3 is 5.69 Å². The van der Waals surface area contributed by atoms with Gasteiger partial charge in [-0.3, -0.25) is 14.9 Å². The summed E-state index contributed by atoms with van der Waals surface area (Å²) < 4.78 is 16.7. The number of carbonyl (C=O) groups is 1. The highest BCUT2D eigenvalue weighted by atomic mass is 35.5. The molecular weight excluding hydrogens is 430 g/mol. The number of amides is 1. The number of benzene rings is 2. The highest BCUT2D eigenvalue weighted by Gasteiger charge is 2.19. The summed E-state index contributed by atoms with van der Waals surface area (Å²) in [5.41, 5.74) is 1.87. The number of nitrogens with zero attached hydrogens (tertiary/aromatic N) is 2. The lowest BCUT2D eigenvalue weighted by atomic mass is 10.1. The molecule has 0 aromatic heterocycles. The van der Waals surface area contributed by atoms with E-state index in [2.05, 4.69) is 10.5 Å². The zero-order chi connectivity index (χ0) is 23.0. The van der Waals surface area contributed by atoms with Crippen molar-refractivity contribution in [2.75, 3.05) is 19.8 Å². The molecule has 11 heteroatoms. The fourth-order valence-electron chi connectivity index (χ4n) is 2.59. The lowest BCUT2D eigenvalue weighted by Gasteiger charge is -2.16. The van der Waals surface area contributed by atoms with Crippen LogP contribution >= 0.6 is 11.6 Å². The quantitative estimate of drug-likeness (QED) is 0.318. The smallest absolute Gasteiger partial charge is 0.312 e. The van der Waals surface area contributed by atoms with Crippen LogP contribution in [0, 0.1) is 10.1 Å². The number of rotatable bonds is 10. The molecule has 0 aliphatic carbocycles. The summed E-state index contributed by atoms with van der Waals surface area (Å²) in [6.45, 7) is 6.48. The van der Waals surface area contributed by atoms with Crippen LogP contribution in [0.25, 0.3) is 0 Å². The molecule has 2 aromatic rings. The predicted molar refractivity (Wildman–Crippen MR) is 115 cm³/mol. The molecule has 2 aromatic carbocycles. The number of aromatic hydroxyl groups is 1. The number of ether oxygens (including phenoxy) is 3. The third kappa shape index (κ3) is 5.98. The molecule has 10 nitrogen and oxygen atoms in total. The molecule has 166 valence electrons. The molecule has 0 spiro atoms. The fourth-order valence-corrected chi connectivity index (χ4v) is 2.81. The van der Waals surface area contributed by atoms with E-state index >= 15 is 0 Å². The topological polar surface area (TPSA) is 133 Å². The average Bonchev–Trinajstić information content (AvgIpc) is 2.72. The van der Waals surface area contributed by atoms with Crippen molar-refractivity contribution >= 4 is 29.4 Å². The number of nitro benzene ring substituents is 1. The minimum absolute atomic E-state index is 0.0313. The van der Waals surface area contributed by atoms with Crippen molar-refractivity contribution in [2.24, 2.45) is 5.10 Å². The number of halogens is 1. The predicted octanol–water partition coefficient (Wildman–Crippen LogP) is 3.91. The molecule has 0 bridgehead atoms. The van der Waals surface area contributed by atoms with Gasteiger partial charge in [0.15, 0.2) is 11.5 Å². The van der Waals surface area contributed by atoms with Gasteiger partial charge in [-0.25, -0.2) is 5.43 Å². The lowest BCUT2D eigenvalue weighted by Crippen LogP contribution is -2.18. The monoisotopic (exact) mass is 451 g/mol. The van der Waals surface area contributed by atoms with Gasteiger partial charge in [-0.2, -0.15) is 5.10 Å². The van der Waals surface area contributed by atoms with Gasteiger partial charge in [-0.15, -0.1) is 0 Å². The Balaban J connectivity index is 2.30. The van der Waals surface area contributed by atoms with Crippen molar-refractivity contribution in [3.8, 4) is 23.0 Å². The first-order chi connectivity index (χ1) is 14.8. The van der Waals surface area contributed by atoms with E-state index in [4.69, 9.17) is 25.8 Å². The van der Waals surface area contributed by atoms with Crippen molar-refractivity contribution in [1.82, 2.24) is 5.43 Å². The second kappa shape index (κ2) is 11.0. The Bertz CT molecular complexity index is 968. The highest BCUT2D eigenvalue weighted by Crippen LogP contribution is 2.39. The van der Waals surface area contributed by atoms with Crippen molar-refractivity contribution in [1.29, 1.82) is 0 Å². The number of hydrogen-bond donors (Lipinski definition) is 2. The summed E-state index contributed by atoms with van der Waals surface area (Å²) in [4.78, 5) is 22.8. The van der Waals surface area contributed by atoms with E-state index in [0.717, 1.165) is 12.3 Å². The Morgan fingerprint density at radius 3 is 2.23 bits per heavy atom. The molecule has 1 amide bonds. The van der Waals surface area contributed by atoms with Gasteiger partial charge in [0.05, 0.1) is 31.0 Å². The van der Waals surface area contributed by atoms with Crippen LogP contribution in [0.2, 0.25) is 5.02 Å². The van der Waals surface area contributed by atoms with E-state index in [-0.39, 0.29) is 16.1 Å². The molecule has 0 aliphatic rings. The summed E-state index contributed by atoms with van der Waals surface area (Å²) in [7, 11) is 0. The maximum Gasteiger partial charge on any atom is 0.312 e. The van der Waals surface area contributed by atoms with Crippen molar-refractivity contribution < 1.29 is 29.0 Å². The Hall–Kier alpha value is -3.53. The average molecular weight is 452 g/mol. The van der Waals surface area contributed by atoms with Gasteiger partial charge in [-0.1, -0.05) is 11.6 Å². The van der Waals surface area contributed by atoms with Crippen LogP contribution in [0.15, 0.2) is 29.4 Å². The first-order valence-corrected chi connectivity index (χ1v) is 9.76. The van der Waals surface area contributed by atoms with E-state index in [1.165, 1.54) is 18.2 Å². The van der Waals surface area contributed by atoms with Crippen LogP contribution in [0.5, 0.6) is 23.0 Å². The molecule has 2 N–H and O–H groups in total. The number of hydrazone groups is 1. The second-order valence-electron chi connectivity index (χ2n) is 5.92. The first kappa shape index (κ1) is 23.7. The van der Waals surface area contributed by atoms with Gasteiger partial charge in [-0.05, 0) is 39.0 Å². The Morgan fingerprint density at radius 1 is 1.13 bits per heavy atom. The summed E-state index contributed by atoms with van der Waals surface area (Å²) in [5, 5.41) is 24.7. The Morgan fingerprint density at radius 2 is 1.71 bits per heavy atom. The summed E-state index contributed by atoms with van der Waals surface area (Å²) in [6.07, 6.45) is 1.05. The van der Waals surface area contributed by atoms with E-state index in [9.17, 15) is 20.0 Å². The van der Waals surface area contributed by atoms with Crippen LogP contribution in [0.1, 0.15) is 36.7 Å². The second-order valence-corrected chi connectivity index (χ2v) is 6.36. The van der Waals surface area contributed by atoms with E-state index < -0.39 is 22.3 Å². The fraction of sp³-hybridized carbons (Fsp3) is 0.300. The van der Waals surface area contributed by atoms with Gasteiger partial charge in [0.25, 0.3) is 5.91 Å². The summed E-state index contributed by atoms with van der Waals surface area (Å²) in [6, 6.07) is 5.27. The third-order valence-electron chi connectivity index (χ3n) is 3.82. The van der Waals surface area contributed by atoms with Crippen LogP contribution in [-0.4, -0.2) is 42.0 Å². The molecule has 0 saturated carbocycles. The van der Waals surface area contributed by atoms with Crippen LogP contribution in [0.4, 0.5) is 5.69 Å². The SMILES string of the molecule is CCOc1cc(C(=O)N/N=C\c2cc(Cl)cc([N+](=O)[O-])c2O)cc(OCC)c1OCC. The summed E-state index contributed by atoms with van der Waals surface area (Å²) >= 11 is 5.83. The van der Waals surface area contributed by atoms with E-state index in [1.807, 2.05) is 6.92 Å². The van der Waals surface area contributed by atoms with Crippen molar-refractivity contribution in [3.63, 3.8) is 0 Å².